The fourth-order valence-electron chi connectivity index (χ4n) is 4.40. The number of H-pyrrole nitrogens is 1. The van der Waals surface area contributed by atoms with Crippen LogP contribution in [0.5, 0.6) is 11.5 Å². The number of rotatable bonds is 7. The quantitative estimate of drug-likeness (QED) is 0.364. The number of amides is 1. The molecule has 1 N–H and O–H groups in total. The van der Waals surface area contributed by atoms with Gasteiger partial charge in [-0.3, -0.25) is 9.89 Å². The van der Waals surface area contributed by atoms with E-state index in [0.29, 0.717) is 23.9 Å². The van der Waals surface area contributed by atoms with E-state index in [2.05, 4.69) is 10.2 Å². The molecule has 1 amide bonds. The van der Waals surface area contributed by atoms with Gasteiger partial charge in [-0.05, 0) is 54.4 Å². The summed E-state index contributed by atoms with van der Waals surface area (Å²) in [6.07, 6.45) is 0. The molecule has 2 heterocycles. The zero-order valence-corrected chi connectivity index (χ0v) is 19.7. The highest BCUT2D eigenvalue weighted by Crippen LogP contribution is 2.44. The summed E-state index contributed by atoms with van der Waals surface area (Å²) in [5.41, 5.74) is 4.96. The number of nitrogens with zero attached hydrogens (tertiary/aromatic N) is 2. The Balaban J connectivity index is 1.61. The summed E-state index contributed by atoms with van der Waals surface area (Å²) in [7, 11) is 1.64. The summed E-state index contributed by atoms with van der Waals surface area (Å²) in [5.74, 6) is 1.45. The highest BCUT2D eigenvalue weighted by atomic mass is 35.5. The predicted molar refractivity (Wildman–Crippen MR) is 131 cm³/mol. The Morgan fingerprint density at radius 3 is 2.50 bits per heavy atom. The number of aromatic nitrogens is 2. The molecule has 0 saturated carbocycles. The van der Waals surface area contributed by atoms with Crippen LogP contribution in [0.4, 0.5) is 0 Å². The lowest BCUT2D eigenvalue weighted by Crippen LogP contribution is -2.29. The van der Waals surface area contributed by atoms with Crippen LogP contribution in [0, 0.1) is 0 Å². The van der Waals surface area contributed by atoms with Crippen LogP contribution in [0.2, 0.25) is 5.02 Å². The van der Waals surface area contributed by atoms with Crippen LogP contribution in [-0.4, -0.2) is 34.7 Å². The largest absolute Gasteiger partial charge is 0.497 e. The van der Waals surface area contributed by atoms with E-state index in [9.17, 15) is 4.79 Å². The lowest BCUT2D eigenvalue weighted by molar-refractivity contribution is 0.0730. The van der Waals surface area contributed by atoms with E-state index >= 15 is 0 Å². The minimum Gasteiger partial charge on any atom is -0.497 e. The monoisotopic (exact) mass is 473 g/mol. The first kappa shape index (κ1) is 22.0. The number of halogens is 1. The molecule has 172 valence electrons. The van der Waals surface area contributed by atoms with Crippen molar-refractivity contribution in [3.05, 3.63) is 100 Å². The minimum absolute atomic E-state index is 0.0923. The zero-order valence-electron chi connectivity index (χ0n) is 18.9. The van der Waals surface area contributed by atoms with Crippen molar-refractivity contribution in [1.82, 2.24) is 15.1 Å². The molecule has 0 spiro atoms. The van der Waals surface area contributed by atoms with Crippen LogP contribution >= 0.6 is 11.6 Å². The maximum Gasteiger partial charge on any atom is 0.273 e. The Hall–Kier alpha value is -3.77. The van der Waals surface area contributed by atoms with E-state index < -0.39 is 0 Å². The number of benzene rings is 3. The van der Waals surface area contributed by atoms with Gasteiger partial charge in [-0.2, -0.15) is 5.10 Å². The summed E-state index contributed by atoms with van der Waals surface area (Å²) >= 11 is 6.11. The Morgan fingerprint density at radius 2 is 1.79 bits per heavy atom. The minimum atomic E-state index is -0.325. The second-order valence-corrected chi connectivity index (χ2v) is 8.49. The van der Waals surface area contributed by atoms with Crippen LogP contribution in [-0.2, 0) is 6.54 Å². The van der Waals surface area contributed by atoms with Crippen molar-refractivity contribution in [2.75, 3.05) is 13.7 Å². The number of ether oxygens (including phenoxy) is 2. The van der Waals surface area contributed by atoms with Crippen molar-refractivity contribution >= 4 is 17.5 Å². The van der Waals surface area contributed by atoms with Crippen molar-refractivity contribution in [1.29, 1.82) is 0 Å². The molecule has 0 aliphatic carbocycles. The number of hydrogen-bond donors (Lipinski definition) is 1. The van der Waals surface area contributed by atoms with Crippen LogP contribution < -0.4 is 9.47 Å². The van der Waals surface area contributed by atoms with E-state index in [4.69, 9.17) is 21.1 Å². The molecule has 0 bridgehead atoms. The van der Waals surface area contributed by atoms with Crippen LogP contribution in [0.25, 0.3) is 11.3 Å². The van der Waals surface area contributed by atoms with Crippen LogP contribution in [0.3, 0.4) is 0 Å². The molecule has 5 rings (SSSR count). The van der Waals surface area contributed by atoms with Crippen molar-refractivity contribution in [2.45, 2.75) is 19.5 Å². The highest BCUT2D eigenvalue weighted by molar-refractivity contribution is 6.30. The number of fused-ring (bicyclic) bond motifs is 1. The number of carbonyl (C=O) groups excluding carboxylic acids is 1. The van der Waals surface area contributed by atoms with E-state index in [1.165, 1.54) is 0 Å². The van der Waals surface area contributed by atoms with Crippen molar-refractivity contribution < 1.29 is 14.3 Å². The molecule has 34 heavy (non-hydrogen) atoms. The van der Waals surface area contributed by atoms with Gasteiger partial charge >= 0.3 is 0 Å². The average molecular weight is 474 g/mol. The Morgan fingerprint density at radius 1 is 1.03 bits per heavy atom. The van der Waals surface area contributed by atoms with E-state index in [-0.39, 0.29) is 11.9 Å². The second kappa shape index (κ2) is 9.23. The predicted octanol–water partition coefficient (Wildman–Crippen LogP) is 5.88. The molecule has 1 atom stereocenters. The molecule has 0 fully saturated rings. The molecule has 3 aromatic carbocycles. The SMILES string of the molecule is CCOc1cccc(C2c3c(-c4ccc(Cl)cc4)n[nH]c3C(=O)N2Cc2ccc(OC)cc2)c1. The number of nitrogens with one attached hydrogen (secondary N) is 1. The van der Waals surface area contributed by atoms with Gasteiger partial charge in [0.2, 0.25) is 0 Å². The maximum atomic E-state index is 13.6. The van der Waals surface area contributed by atoms with Gasteiger partial charge in [-0.1, -0.05) is 48.0 Å². The van der Waals surface area contributed by atoms with Crippen LogP contribution in [0.15, 0.2) is 72.8 Å². The molecule has 6 nitrogen and oxygen atoms in total. The molecule has 0 radical (unpaired) electrons. The third kappa shape index (κ3) is 4.01. The number of methoxy groups -OCH3 is 1. The smallest absolute Gasteiger partial charge is 0.273 e. The fraction of sp³-hybridized carbons (Fsp3) is 0.185. The van der Waals surface area contributed by atoms with Gasteiger partial charge in [0.15, 0.2) is 0 Å². The molecule has 4 aromatic rings. The highest BCUT2D eigenvalue weighted by Gasteiger charge is 2.42. The van der Waals surface area contributed by atoms with Gasteiger partial charge in [0.05, 0.1) is 25.5 Å². The van der Waals surface area contributed by atoms with Crippen molar-refractivity contribution in [3.63, 3.8) is 0 Å². The first-order chi connectivity index (χ1) is 16.6. The number of carbonyl (C=O) groups is 1. The lowest BCUT2D eigenvalue weighted by Gasteiger charge is -2.27. The second-order valence-electron chi connectivity index (χ2n) is 8.06. The third-order valence-electron chi connectivity index (χ3n) is 5.98. The van der Waals surface area contributed by atoms with E-state index in [1.807, 2.05) is 84.6 Å². The zero-order chi connectivity index (χ0) is 23.7. The number of aromatic amines is 1. The van der Waals surface area contributed by atoms with E-state index in [0.717, 1.165) is 39.4 Å². The Bertz CT molecular complexity index is 1320. The van der Waals surface area contributed by atoms with Crippen molar-refractivity contribution in [2.24, 2.45) is 0 Å². The molecular formula is C27H24ClN3O3. The summed E-state index contributed by atoms with van der Waals surface area (Å²) in [4.78, 5) is 15.5. The molecule has 0 saturated heterocycles. The summed E-state index contributed by atoms with van der Waals surface area (Å²) in [5, 5.41) is 8.17. The maximum absolute atomic E-state index is 13.6. The molecule has 1 unspecified atom stereocenters. The normalized spacial score (nSPS) is 14.9. The average Bonchev–Trinajstić information content (AvgIpc) is 3.40. The first-order valence-corrected chi connectivity index (χ1v) is 11.5. The van der Waals surface area contributed by atoms with Gasteiger partial charge in [-0.15, -0.1) is 0 Å². The summed E-state index contributed by atoms with van der Waals surface area (Å²) in [6, 6.07) is 22.8. The van der Waals surface area contributed by atoms with Gasteiger partial charge in [-0.25, -0.2) is 0 Å². The summed E-state index contributed by atoms with van der Waals surface area (Å²) in [6.45, 7) is 2.96. The van der Waals surface area contributed by atoms with Gasteiger partial charge in [0.1, 0.15) is 17.2 Å². The van der Waals surface area contributed by atoms with Gasteiger partial charge < -0.3 is 14.4 Å². The third-order valence-corrected chi connectivity index (χ3v) is 6.23. The van der Waals surface area contributed by atoms with Crippen LogP contribution in [0.1, 0.15) is 40.1 Å². The van der Waals surface area contributed by atoms with E-state index in [1.54, 1.807) is 7.11 Å². The molecular weight excluding hydrogens is 450 g/mol. The Kier molecular flexibility index (Phi) is 5.99. The Labute approximate surface area is 203 Å². The summed E-state index contributed by atoms with van der Waals surface area (Å²) < 4.78 is 11.0. The fourth-order valence-corrected chi connectivity index (χ4v) is 4.53. The van der Waals surface area contributed by atoms with Gasteiger partial charge in [0, 0.05) is 22.7 Å². The lowest BCUT2D eigenvalue weighted by atomic mass is 9.95. The van der Waals surface area contributed by atoms with Gasteiger partial charge in [0.25, 0.3) is 5.91 Å². The molecule has 1 aromatic heterocycles. The standard InChI is InChI=1S/C27H24ClN3O3/c1-3-34-22-6-4-5-19(15-22)26-23-24(18-9-11-20(28)12-10-18)29-30-25(23)27(32)31(26)16-17-7-13-21(33-2)14-8-17/h4-15,26H,3,16H2,1-2H3,(H,29,30). The van der Waals surface area contributed by atoms with Crippen molar-refractivity contribution in [3.8, 4) is 22.8 Å². The molecule has 1 aliphatic heterocycles. The molecule has 7 heteroatoms. The number of hydrogen-bond acceptors (Lipinski definition) is 4. The topological polar surface area (TPSA) is 67.5 Å². The molecule has 1 aliphatic rings. The first-order valence-electron chi connectivity index (χ1n) is 11.1.